The molecule has 3 aliphatic rings. The Morgan fingerprint density at radius 2 is 1.79 bits per heavy atom. The van der Waals surface area contributed by atoms with Gasteiger partial charge in [-0.3, -0.25) is 24.4 Å². The molecule has 2 aromatic carbocycles. The van der Waals surface area contributed by atoms with Crippen LogP contribution in [0, 0.1) is 17.8 Å². The number of hydrogen-bond acceptors (Lipinski definition) is 8. The fraction of sp³-hybridized carbons (Fsp3) is 0.410. The van der Waals surface area contributed by atoms with E-state index in [1.807, 2.05) is 48.5 Å². The Labute approximate surface area is 282 Å². The lowest BCUT2D eigenvalue weighted by atomic mass is 9.68. The number of nitrogens with zero attached hydrogens (tertiary/aromatic N) is 3. The molecule has 9 nitrogen and oxygen atoms in total. The fourth-order valence-corrected chi connectivity index (χ4v) is 7.92. The van der Waals surface area contributed by atoms with Crippen LogP contribution in [-0.4, -0.2) is 87.5 Å². The zero-order valence-electron chi connectivity index (χ0n) is 27.4. The average molecular weight is 652 g/mol. The third-order valence-corrected chi connectivity index (χ3v) is 10.2. The first-order valence-corrected chi connectivity index (χ1v) is 16.9. The molecule has 1 aliphatic carbocycles. The molecule has 3 aromatic rings. The third kappa shape index (κ3) is 7.29. The first kappa shape index (κ1) is 33.7. The van der Waals surface area contributed by atoms with Gasteiger partial charge in [0.25, 0.3) is 0 Å². The predicted molar refractivity (Wildman–Crippen MR) is 183 cm³/mol. The standard InChI is InChI=1S/C39H45N3O6/c1-48-25-29-22-32-37(39(47)42(38(32)46)30-15-18-41(19-16-30)23-26-8-3-2-4-9-26)33(24-43)36(29)35(45)14-13-28(34-12-5-6-17-40-34)20-27-10-7-11-31(44)21-27/h2-12,17,20-21,30,32-33,35,37,43-45H,13-16,18-19,22-25H2,1H3/b28-20-/t32-,33+,35-,37-/m1/s1. The van der Waals surface area contributed by atoms with Crippen LogP contribution in [0.15, 0.2) is 90.1 Å². The Kier molecular flexibility index (Phi) is 10.8. The number of pyridine rings is 1. The summed E-state index contributed by atoms with van der Waals surface area (Å²) in [5, 5.41) is 32.6. The number of amides is 2. The number of carbonyl (C=O) groups excluding carboxylic acids is 2. The monoisotopic (exact) mass is 651 g/mol. The highest BCUT2D eigenvalue weighted by atomic mass is 16.5. The zero-order chi connectivity index (χ0) is 33.6. The Morgan fingerprint density at radius 3 is 2.48 bits per heavy atom. The zero-order valence-corrected chi connectivity index (χ0v) is 27.4. The van der Waals surface area contributed by atoms with Crippen LogP contribution in [0.4, 0.5) is 0 Å². The molecule has 0 saturated carbocycles. The highest BCUT2D eigenvalue weighted by Crippen LogP contribution is 2.47. The fourth-order valence-electron chi connectivity index (χ4n) is 7.92. The normalized spacial score (nSPS) is 23.1. The topological polar surface area (TPSA) is 123 Å². The number of piperidine rings is 1. The van der Waals surface area contributed by atoms with Crippen LogP contribution >= 0.6 is 0 Å². The van der Waals surface area contributed by atoms with Gasteiger partial charge in [-0.05, 0) is 90.3 Å². The van der Waals surface area contributed by atoms with Crippen LogP contribution in [0.2, 0.25) is 0 Å². The van der Waals surface area contributed by atoms with Crippen LogP contribution < -0.4 is 0 Å². The van der Waals surface area contributed by atoms with E-state index in [4.69, 9.17) is 4.74 Å². The number of methoxy groups -OCH3 is 1. The molecule has 2 fully saturated rings. The van der Waals surface area contributed by atoms with Gasteiger partial charge in [0, 0.05) is 44.9 Å². The number of carbonyl (C=O) groups is 2. The third-order valence-electron chi connectivity index (χ3n) is 10.2. The minimum atomic E-state index is -0.970. The van der Waals surface area contributed by atoms with E-state index in [1.54, 1.807) is 31.5 Å². The Morgan fingerprint density at radius 1 is 1.02 bits per heavy atom. The molecule has 2 amide bonds. The van der Waals surface area contributed by atoms with Gasteiger partial charge in [0.2, 0.25) is 11.8 Å². The van der Waals surface area contributed by atoms with E-state index < -0.39 is 23.9 Å². The molecule has 9 heteroatoms. The summed E-state index contributed by atoms with van der Waals surface area (Å²) in [6.07, 6.45) is 5.19. The molecule has 4 atom stereocenters. The largest absolute Gasteiger partial charge is 0.508 e. The smallest absolute Gasteiger partial charge is 0.234 e. The van der Waals surface area contributed by atoms with Crippen molar-refractivity contribution in [2.24, 2.45) is 17.8 Å². The van der Waals surface area contributed by atoms with Crippen molar-refractivity contribution in [3.05, 3.63) is 107 Å². The SMILES string of the molecule is COCC1=C([C@H](O)CC/C(=C/c2cccc(O)c2)c2ccccn2)[C@H](CO)[C@@H]2C(=O)N(C3CCN(Cc4ccccc4)CC3)C(=O)[C@@H]2C1. The number of likely N-dealkylation sites (tertiary alicyclic amines) is 2. The van der Waals surface area contributed by atoms with Gasteiger partial charge in [-0.2, -0.15) is 0 Å². The highest BCUT2D eigenvalue weighted by molar-refractivity contribution is 6.06. The van der Waals surface area contributed by atoms with E-state index in [0.717, 1.165) is 42.0 Å². The molecular formula is C39H45N3O6. The maximum absolute atomic E-state index is 14.1. The molecule has 2 saturated heterocycles. The number of aliphatic hydroxyl groups is 2. The molecule has 48 heavy (non-hydrogen) atoms. The lowest BCUT2D eigenvalue weighted by Gasteiger charge is -2.37. The number of aliphatic hydroxyl groups excluding tert-OH is 2. The van der Waals surface area contributed by atoms with Crippen molar-refractivity contribution >= 4 is 23.5 Å². The second-order valence-electron chi connectivity index (χ2n) is 13.2. The van der Waals surface area contributed by atoms with Crippen molar-refractivity contribution in [1.29, 1.82) is 0 Å². The van der Waals surface area contributed by atoms with Crippen LogP contribution in [0.25, 0.3) is 11.6 Å². The van der Waals surface area contributed by atoms with Crippen molar-refractivity contribution in [2.45, 2.75) is 50.8 Å². The summed E-state index contributed by atoms with van der Waals surface area (Å²) in [5.74, 6) is -2.22. The van der Waals surface area contributed by atoms with Gasteiger partial charge >= 0.3 is 0 Å². The molecule has 2 aliphatic heterocycles. The number of phenols is 1. The molecule has 0 bridgehead atoms. The molecule has 3 heterocycles. The summed E-state index contributed by atoms with van der Waals surface area (Å²) < 4.78 is 5.54. The van der Waals surface area contributed by atoms with E-state index in [-0.39, 0.29) is 36.8 Å². The molecule has 3 N–H and O–H groups in total. The van der Waals surface area contributed by atoms with E-state index >= 15 is 0 Å². The summed E-state index contributed by atoms with van der Waals surface area (Å²) in [6, 6.07) is 22.7. The first-order valence-electron chi connectivity index (χ1n) is 16.9. The molecular weight excluding hydrogens is 606 g/mol. The number of imide groups is 1. The average Bonchev–Trinajstić information content (AvgIpc) is 3.35. The lowest BCUT2D eigenvalue weighted by molar-refractivity contribution is -0.144. The lowest BCUT2D eigenvalue weighted by Crippen LogP contribution is -2.47. The Hall–Kier alpha value is -4.15. The Balaban J connectivity index is 1.19. The highest BCUT2D eigenvalue weighted by Gasteiger charge is 2.56. The van der Waals surface area contributed by atoms with Gasteiger partial charge in [-0.1, -0.05) is 48.5 Å². The predicted octanol–water partition coefficient (Wildman–Crippen LogP) is 4.69. The molecule has 0 radical (unpaired) electrons. The van der Waals surface area contributed by atoms with Crippen LogP contribution in [-0.2, 0) is 20.9 Å². The van der Waals surface area contributed by atoms with E-state index in [1.165, 1.54) is 10.5 Å². The number of allylic oxidation sites excluding steroid dienone is 1. The first-order chi connectivity index (χ1) is 23.4. The summed E-state index contributed by atoms with van der Waals surface area (Å²) in [7, 11) is 1.57. The second kappa shape index (κ2) is 15.4. The Bertz CT molecular complexity index is 1630. The van der Waals surface area contributed by atoms with E-state index in [2.05, 4.69) is 22.0 Å². The number of rotatable bonds is 12. The van der Waals surface area contributed by atoms with Crippen LogP contribution in [0.3, 0.4) is 0 Å². The maximum atomic E-state index is 14.1. The second-order valence-corrected chi connectivity index (χ2v) is 13.2. The van der Waals surface area contributed by atoms with Gasteiger partial charge in [-0.15, -0.1) is 0 Å². The van der Waals surface area contributed by atoms with Crippen LogP contribution in [0.5, 0.6) is 5.75 Å². The number of hydrogen-bond donors (Lipinski definition) is 3. The number of aromatic nitrogens is 1. The van der Waals surface area contributed by atoms with Crippen molar-refractivity contribution < 1.29 is 29.6 Å². The molecule has 0 spiro atoms. The summed E-state index contributed by atoms with van der Waals surface area (Å²) in [4.78, 5) is 36.4. The van der Waals surface area contributed by atoms with Crippen molar-refractivity contribution in [3.8, 4) is 5.75 Å². The number of aromatic hydroxyl groups is 1. The molecule has 6 rings (SSSR count). The van der Waals surface area contributed by atoms with E-state index in [9.17, 15) is 24.9 Å². The quantitative estimate of drug-likeness (QED) is 0.191. The number of benzene rings is 2. The van der Waals surface area contributed by atoms with Crippen molar-refractivity contribution in [1.82, 2.24) is 14.8 Å². The summed E-state index contributed by atoms with van der Waals surface area (Å²) in [5.41, 5.74) is 5.07. The number of phenolic OH excluding ortho intramolecular Hbond substituents is 1. The maximum Gasteiger partial charge on any atom is 0.234 e. The van der Waals surface area contributed by atoms with Gasteiger partial charge in [-0.25, -0.2) is 0 Å². The molecule has 252 valence electrons. The van der Waals surface area contributed by atoms with Gasteiger partial charge in [0.1, 0.15) is 5.75 Å². The minimum absolute atomic E-state index is 0.156. The van der Waals surface area contributed by atoms with Gasteiger partial charge in [0.15, 0.2) is 0 Å². The summed E-state index contributed by atoms with van der Waals surface area (Å²) >= 11 is 0. The number of ether oxygens (including phenoxy) is 1. The van der Waals surface area contributed by atoms with Gasteiger partial charge in [0.05, 0.1) is 36.8 Å². The minimum Gasteiger partial charge on any atom is -0.508 e. The summed E-state index contributed by atoms with van der Waals surface area (Å²) in [6.45, 7) is 2.28. The van der Waals surface area contributed by atoms with Crippen molar-refractivity contribution in [2.75, 3.05) is 33.4 Å². The molecule has 1 aromatic heterocycles. The van der Waals surface area contributed by atoms with Gasteiger partial charge < -0.3 is 20.1 Å². The van der Waals surface area contributed by atoms with Crippen molar-refractivity contribution in [3.63, 3.8) is 0 Å². The molecule has 0 unspecified atom stereocenters. The van der Waals surface area contributed by atoms with E-state index in [0.29, 0.717) is 37.7 Å². The van der Waals surface area contributed by atoms with Crippen LogP contribution in [0.1, 0.15) is 48.9 Å². The number of fused-ring (bicyclic) bond motifs is 1.